The second kappa shape index (κ2) is 6.03. The van der Waals surface area contributed by atoms with Crippen molar-refractivity contribution in [2.45, 2.75) is 6.42 Å². The average Bonchev–Trinajstić information content (AvgIpc) is 2.39. The van der Waals surface area contributed by atoms with Gasteiger partial charge >= 0.3 is 0 Å². The van der Waals surface area contributed by atoms with Gasteiger partial charge in [0.15, 0.2) is 0 Å². The summed E-state index contributed by atoms with van der Waals surface area (Å²) in [5.41, 5.74) is 1.31. The van der Waals surface area contributed by atoms with Gasteiger partial charge in [-0.3, -0.25) is 9.69 Å². The number of rotatable bonds is 4. The first-order chi connectivity index (χ1) is 8.28. The van der Waals surface area contributed by atoms with E-state index in [9.17, 15) is 4.79 Å². The third-order valence-corrected chi connectivity index (χ3v) is 3.44. The first-order valence-electron chi connectivity index (χ1n) is 5.94. The zero-order valence-electron chi connectivity index (χ0n) is 9.81. The molecule has 0 bridgehead atoms. The molecule has 0 aliphatic carbocycles. The maximum Gasteiger partial charge on any atom is 0.209 e. The predicted molar refractivity (Wildman–Crippen MR) is 69.2 cm³/mol. The lowest BCUT2D eigenvalue weighted by Gasteiger charge is -2.32. The molecule has 1 aromatic rings. The van der Waals surface area contributed by atoms with Crippen LogP contribution in [0.2, 0.25) is 5.02 Å². The van der Waals surface area contributed by atoms with Crippen LogP contribution in [0, 0.1) is 0 Å². The normalized spacial score (nSPS) is 17.1. The van der Waals surface area contributed by atoms with Gasteiger partial charge in [-0.05, 0) is 24.1 Å². The molecule has 0 atom stereocenters. The lowest BCUT2D eigenvalue weighted by Crippen LogP contribution is -2.46. The Hall–Kier alpha value is -1.06. The van der Waals surface area contributed by atoms with E-state index in [1.165, 1.54) is 5.56 Å². The summed E-state index contributed by atoms with van der Waals surface area (Å²) in [5.74, 6) is 0. The largest absolute Gasteiger partial charge is 0.343 e. The van der Waals surface area contributed by atoms with E-state index in [4.69, 9.17) is 11.6 Å². The van der Waals surface area contributed by atoms with Crippen LogP contribution in [0.25, 0.3) is 0 Å². The summed E-state index contributed by atoms with van der Waals surface area (Å²) in [6.45, 7) is 4.71. The van der Waals surface area contributed by atoms with Gasteiger partial charge in [-0.2, -0.15) is 0 Å². The number of benzene rings is 1. The highest BCUT2D eigenvalue weighted by atomic mass is 35.5. The SMILES string of the molecule is O=CN1CCN(CCc2ccc(Cl)cc2)CC1. The van der Waals surface area contributed by atoms with Gasteiger partial charge in [0.25, 0.3) is 0 Å². The van der Waals surface area contributed by atoms with Crippen LogP contribution in [-0.2, 0) is 11.2 Å². The highest BCUT2D eigenvalue weighted by molar-refractivity contribution is 6.30. The van der Waals surface area contributed by atoms with Crippen molar-refractivity contribution >= 4 is 18.0 Å². The number of hydrogen-bond donors (Lipinski definition) is 0. The fourth-order valence-electron chi connectivity index (χ4n) is 2.03. The second-order valence-electron chi connectivity index (χ2n) is 4.36. The zero-order chi connectivity index (χ0) is 12.1. The minimum absolute atomic E-state index is 0.786. The number of amides is 1. The average molecular weight is 253 g/mol. The van der Waals surface area contributed by atoms with Crippen molar-refractivity contribution in [2.24, 2.45) is 0 Å². The molecule has 4 heteroatoms. The van der Waals surface area contributed by atoms with Crippen molar-refractivity contribution in [3.8, 4) is 0 Å². The summed E-state index contributed by atoms with van der Waals surface area (Å²) in [5, 5.41) is 0.786. The Morgan fingerprint density at radius 1 is 1.12 bits per heavy atom. The summed E-state index contributed by atoms with van der Waals surface area (Å²) in [6, 6.07) is 8.01. The van der Waals surface area contributed by atoms with Gasteiger partial charge in [0, 0.05) is 37.7 Å². The van der Waals surface area contributed by atoms with Crippen LogP contribution < -0.4 is 0 Å². The number of carbonyl (C=O) groups is 1. The highest BCUT2D eigenvalue weighted by Crippen LogP contribution is 2.10. The minimum atomic E-state index is 0.786. The standard InChI is InChI=1S/C13H17ClN2O/c14-13-3-1-12(2-4-13)5-6-15-7-9-16(11-17)10-8-15/h1-4,11H,5-10H2. The molecule has 92 valence electrons. The second-order valence-corrected chi connectivity index (χ2v) is 4.80. The van der Waals surface area contributed by atoms with Gasteiger partial charge in [-0.15, -0.1) is 0 Å². The Bertz CT molecular complexity index is 358. The molecule has 0 saturated carbocycles. The van der Waals surface area contributed by atoms with Crippen molar-refractivity contribution in [2.75, 3.05) is 32.7 Å². The Balaban J connectivity index is 1.75. The smallest absolute Gasteiger partial charge is 0.209 e. The van der Waals surface area contributed by atoms with Crippen LogP contribution in [0.5, 0.6) is 0 Å². The molecule has 0 unspecified atom stereocenters. The van der Waals surface area contributed by atoms with Crippen LogP contribution in [0.1, 0.15) is 5.56 Å². The predicted octanol–water partition coefficient (Wildman–Crippen LogP) is 1.66. The molecule has 1 fully saturated rings. The van der Waals surface area contributed by atoms with Gasteiger partial charge in [-0.1, -0.05) is 23.7 Å². The molecule has 3 nitrogen and oxygen atoms in total. The molecule has 1 saturated heterocycles. The summed E-state index contributed by atoms with van der Waals surface area (Å²) < 4.78 is 0. The monoisotopic (exact) mass is 252 g/mol. The van der Waals surface area contributed by atoms with E-state index in [-0.39, 0.29) is 0 Å². The van der Waals surface area contributed by atoms with Crippen molar-refractivity contribution in [3.05, 3.63) is 34.9 Å². The lowest BCUT2D eigenvalue weighted by atomic mass is 10.1. The van der Waals surface area contributed by atoms with E-state index >= 15 is 0 Å². The number of carbonyl (C=O) groups excluding carboxylic acids is 1. The van der Waals surface area contributed by atoms with Crippen molar-refractivity contribution in [1.29, 1.82) is 0 Å². The Morgan fingerprint density at radius 2 is 1.76 bits per heavy atom. The topological polar surface area (TPSA) is 23.6 Å². The van der Waals surface area contributed by atoms with Crippen LogP contribution >= 0.6 is 11.6 Å². The first-order valence-corrected chi connectivity index (χ1v) is 6.32. The van der Waals surface area contributed by atoms with Gasteiger partial charge in [-0.25, -0.2) is 0 Å². The summed E-state index contributed by atoms with van der Waals surface area (Å²) in [6.07, 6.45) is 1.98. The molecule has 1 aliphatic rings. The fourth-order valence-corrected chi connectivity index (χ4v) is 2.16. The Morgan fingerprint density at radius 3 is 2.35 bits per heavy atom. The molecule has 17 heavy (non-hydrogen) atoms. The van der Waals surface area contributed by atoms with Gasteiger partial charge < -0.3 is 4.90 Å². The molecule has 0 N–H and O–H groups in total. The first kappa shape index (κ1) is 12.4. The van der Waals surface area contributed by atoms with E-state index in [1.54, 1.807) is 0 Å². The lowest BCUT2D eigenvalue weighted by molar-refractivity contribution is -0.119. The molecule has 1 aromatic carbocycles. The van der Waals surface area contributed by atoms with Gasteiger partial charge in [0.1, 0.15) is 0 Å². The van der Waals surface area contributed by atoms with E-state index < -0.39 is 0 Å². The van der Waals surface area contributed by atoms with E-state index in [1.807, 2.05) is 17.0 Å². The van der Waals surface area contributed by atoms with E-state index in [2.05, 4.69) is 17.0 Å². The molecule has 0 spiro atoms. The van der Waals surface area contributed by atoms with E-state index in [0.29, 0.717) is 0 Å². The molecule has 2 rings (SSSR count). The molecular weight excluding hydrogens is 236 g/mol. The quantitative estimate of drug-likeness (QED) is 0.761. The van der Waals surface area contributed by atoms with Crippen molar-refractivity contribution in [1.82, 2.24) is 9.80 Å². The Labute approximate surface area is 107 Å². The third-order valence-electron chi connectivity index (χ3n) is 3.19. The highest BCUT2D eigenvalue weighted by Gasteiger charge is 2.14. The number of hydrogen-bond acceptors (Lipinski definition) is 2. The van der Waals surface area contributed by atoms with Crippen LogP contribution in [0.15, 0.2) is 24.3 Å². The summed E-state index contributed by atoms with van der Waals surface area (Å²) in [4.78, 5) is 14.8. The molecular formula is C13H17ClN2O. The fraction of sp³-hybridized carbons (Fsp3) is 0.462. The van der Waals surface area contributed by atoms with Crippen LogP contribution in [-0.4, -0.2) is 48.9 Å². The van der Waals surface area contributed by atoms with Crippen LogP contribution in [0.4, 0.5) is 0 Å². The van der Waals surface area contributed by atoms with Crippen molar-refractivity contribution in [3.63, 3.8) is 0 Å². The van der Waals surface area contributed by atoms with Gasteiger partial charge in [0.05, 0.1) is 0 Å². The zero-order valence-corrected chi connectivity index (χ0v) is 10.6. The van der Waals surface area contributed by atoms with E-state index in [0.717, 1.165) is 50.6 Å². The summed E-state index contributed by atoms with van der Waals surface area (Å²) in [7, 11) is 0. The van der Waals surface area contributed by atoms with Crippen molar-refractivity contribution < 1.29 is 4.79 Å². The molecule has 1 amide bonds. The number of piperazine rings is 1. The van der Waals surface area contributed by atoms with Gasteiger partial charge in [0.2, 0.25) is 6.41 Å². The molecule has 0 aromatic heterocycles. The summed E-state index contributed by atoms with van der Waals surface area (Å²) >= 11 is 5.84. The minimum Gasteiger partial charge on any atom is -0.343 e. The third kappa shape index (κ3) is 3.72. The maximum absolute atomic E-state index is 10.6. The Kier molecular flexibility index (Phi) is 4.40. The maximum atomic E-state index is 10.6. The molecule has 1 heterocycles. The molecule has 1 aliphatic heterocycles. The molecule has 0 radical (unpaired) electrons. The van der Waals surface area contributed by atoms with Crippen LogP contribution in [0.3, 0.4) is 0 Å². The number of nitrogens with zero attached hydrogens (tertiary/aromatic N) is 2. The number of halogens is 1.